The van der Waals surface area contributed by atoms with Crippen molar-refractivity contribution in [1.29, 1.82) is 0 Å². The van der Waals surface area contributed by atoms with Crippen LogP contribution in [0.4, 0.5) is 0 Å². The molecule has 6 aliphatic rings. The van der Waals surface area contributed by atoms with Crippen molar-refractivity contribution in [3.63, 3.8) is 0 Å². The zero-order valence-electron chi connectivity index (χ0n) is 31.4. The average molecular weight is 583 g/mol. The van der Waals surface area contributed by atoms with E-state index in [4.69, 9.17) is 18.6 Å². The highest BCUT2D eigenvalue weighted by Gasteiger charge is 2.61. The predicted octanol–water partition coefficient (Wildman–Crippen LogP) is 11.2. The summed E-state index contributed by atoms with van der Waals surface area (Å²) >= 11 is 0. The molecule has 0 N–H and O–H groups in total. The second-order valence-corrected chi connectivity index (χ2v) is 13.2. The Bertz CT molecular complexity index is 642. The monoisotopic (exact) mass is 583 g/mol. The van der Waals surface area contributed by atoms with Gasteiger partial charge in [0, 0.05) is 0 Å². The molecule has 7 atom stereocenters. The molecule has 6 fully saturated rings. The molecular weight excluding hydrogens is 506 g/mol. The molecule has 0 radical (unpaired) electrons. The zero-order chi connectivity index (χ0) is 32.6. The summed E-state index contributed by atoms with van der Waals surface area (Å²) in [5, 5.41) is 0. The molecule has 0 aromatic heterocycles. The maximum atomic E-state index is 6.06. The fourth-order valence-corrected chi connectivity index (χ4v) is 6.79. The minimum atomic E-state index is -0.0450. The van der Waals surface area contributed by atoms with Crippen LogP contribution in [0.1, 0.15) is 157 Å². The lowest BCUT2D eigenvalue weighted by Crippen LogP contribution is -2.59. The third-order valence-electron chi connectivity index (χ3n) is 9.58. The van der Waals surface area contributed by atoms with Crippen LogP contribution < -0.4 is 0 Å². The summed E-state index contributed by atoms with van der Waals surface area (Å²) in [6, 6.07) is 0. The molecular formula is C35H76B2O4. The number of hydrogen-bond acceptors (Lipinski definition) is 4. The summed E-state index contributed by atoms with van der Waals surface area (Å²) in [4.78, 5) is 0. The van der Waals surface area contributed by atoms with Crippen LogP contribution in [0.15, 0.2) is 0 Å². The van der Waals surface area contributed by atoms with Gasteiger partial charge in [-0.25, -0.2) is 0 Å². The van der Waals surface area contributed by atoms with Gasteiger partial charge in [0.05, 0.1) is 24.4 Å². The van der Waals surface area contributed by atoms with Crippen molar-refractivity contribution < 1.29 is 18.6 Å². The van der Waals surface area contributed by atoms with E-state index in [0.29, 0.717) is 29.0 Å². The van der Waals surface area contributed by atoms with E-state index >= 15 is 0 Å². The van der Waals surface area contributed by atoms with E-state index in [1.165, 1.54) is 32.1 Å². The largest absolute Gasteiger partial charge is 0.457 e. The van der Waals surface area contributed by atoms with Crippen molar-refractivity contribution in [2.45, 2.75) is 187 Å². The van der Waals surface area contributed by atoms with Gasteiger partial charge in [0.15, 0.2) is 0 Å². The van der Waals surface area contributed by atoms with E-state index in [-0.39, 0.29) is 19.8 Å². The second kappa shape index (κ2) is 20.8. The van der Waals surface area contributed by atoms with Gasteiger partial charge in [0.25, 0.3) is 0 Å². The summed E-state index contributed by atoms with van der Waals surface area (Å²) in [5.41, 5.74) is 0.866. The first-order valence-electron chi connectivity index (χ1n) is 18.0. The van der Waals surface area contributed by atoms with Crippen LogP contribution in [0, 0.1) is 34.5 Å². The molecule has 0 aromatic rings. The molecule has 0 amide bonds. The van der Waals surface area contributed by atoms with E-state index in [1.54, 1.807) is 0 Å². The van der Waals surface area contributed by atoms with Crippen molar-refractivity contribution in [3.05, 3.63) is 0 Å². The highest BCUT2D eigenvalue weighted by molar-refractivity contribution is 6.45. The summed E-state index contributed by atoms with van der Waals surface area (Å²) in [5.74, 6) is 3.09. The van der Waals surface area contributed by atoms with Crippen LogP contribution in [0.2, 0.25) is 12.6 Å². The van der Waals surface area contributed by atoms with Gasteiger partial charge in [-0.2, -0.15) is 0 Å². The van der Waals surface area contributed by atoms with E-state index in [1.807, 2.05) is 41.5 Å². The molecule has 4 aliphatic carbocycles. The smallest absolute Gasteiger partial charge is 0.408 e. The minimum Gasteiger partial charge on any atom is -0.408 e. The van der Waals surface area contributed by atoms with Crippen molar-refractivity contribution in [3.8, 4) is 0 Å². The van der Waals surface area contributed by atoms with Gasteiger partial charge in [-0.15, -0.1) is 0 Å². The predicted molar refractivity (Wildman–Crippen MR) is 185 cm³/mol. The maximum Gasteiger partial charge on any atom is 0.457 e. The molecule has 246 valence electrons. The SMILES string of the molecule is CC.CC.CC.CCB1OC2CC3CC(C2O1)C3(C)C.CCB1OCC(C)([C@@H]2CC(C)C2(C)C)O1.CCC.CCC. The molecule has 6 rings (SSSR count). The lowest BCUT2D eigenvalue weighted by Gasteiger charge is -2.60. The lowest BCUT2D eigenvalue weighted by atomic mass is 9.47. The summed E-state index contributed by atoms with van der Waals surface area (Å²) in [6.07, 6.45) is 9.14. The molecule has 4 saturated carbocycles. The molecule has 0 aromatic carbocycles. The van der Waals surface area contributed by atoms with Crippen molar-refractivity contribution in [2.24, 2.45) is 34.5 Å². The Hall–Kier alpha value is -0.0301. The van der Waals surface area contributed by atoms with Crippen LogP contribution in [-0.4, -0.2) is 38.7 Å². The van der Waals surface area contributed by atoms with E-state index < -0.39 is 0 Å². The maximum absolute atomic E-state index is 6.06. The van der Waals surface area contributed by atoms with Crippen LogP contribution in [0.5, 0.6) is 0 Å². The molecule has 2 aliphatic heterocycles. The van der Waals surface area contributed by atoms with E-state index in [9.17, 15) is 0 Å². The van der Waals surface area contributed by atoms with Crippen LogP contribution in [0.25, 0.3) is 0 Å². The van der Waals surface area contributed by atoms with Crippen molar-refractivity contribution in [2.75, 3.05) is 6.61 Å². The summed E-state index contributed by atoms with van der Waals surface area (Å²) in [6.45, 7) is 39.6. The van der Waals surface area contributed by atoms with E-state index in [0.717, 1.165) is 37.0 Å². The fraction of sp³-hybridized carbons (Fsp3) is 1.00. The number of hydrogen-bond donors (Lipinski definition) is 0. The zero-order valence-corrected chi connectivity index (χ0v) is 31.4. The topological polar surface area (TPSA) is 36.9 Å². The molecule has 41 heavy (non-hydrogen) atoms. The standard InChI is InChI=1S/C12H23BO2.C11H19BO2.2C3H8.3C2H6/c1-6-13-14-8-12(5,15-13)10-7-9(2)11(10,3)4;1-4-12-13-9-6-7-5-8(10(9)14-12)11(7,2)3;2*1-3-2;3*1-2/h9-10H,6-8H2,1-5H3;7-10H,4-6H2,1-3H3;2*3H2,1-2H3;3*1-2H3/t9?,10-,12?;;;;;;/m1....../s1. The Morgan fingerprint density at radius 2 is 1.15 bits per heavy atom. The van der Waals surface area contributed by atoms with Gasteiger partial charge in [0.1, 0.15) is 0 Å². The third-order valence-corrected chi connectivity index (χ3v) is 9.58. The first kappa shape index (κ1) is 43.1. The first-order chi connectivity index (χ1) is 19.4. The van der Waals surface area contributed by atoms with Crippen molar-refractivity contribution in [1.82, 2.24) is 0 Å². The third kappa shape index (κ3) is 10.8. The first-order valence-corrected chi connectivity index (χ1v) is 18.0. The fourth-order valence-electron chi connectivity index (χ4n) is 6.79. The molecule has 2 heterocycles. The Morgan fingerprint density at radius 3 is 1.51 bits per heavy atom. The van der Waals surface area contributed by atoms with Crippen molar-refractivity contribution >= 4 is 14.2 Å². The van der Waals surface area contributed by atoms with Gasteiger partial charge in [-0.3, -0.25) is 0 Å². The highest BCUT2D eigenvalue weighted by atomic mass is 16.7. The van der Waals surface area contributed by atoms with Gasteiger partial charge < -0.3 is 18.6 Å². The molecule has 6 heteroatoms. The van der Waals surface area contributed by atoms with E-state index in [2.05, 4.69) is 83.1 Å². The van der Waals surface area contributed by atoms with Gasteiger partial charge >= 0.3 is 14.2 Å². The second-order valence-electron chi connectivity index (χ2n) is 13.2. The highest BCUT2D eigenvalue weighted by Crippen LogP contribution is 2.61. The Labute approximate surface area is 260 Å². The Balaban J connectivity index is 0. The lowest BCUT2D eigenvalue weighted by molar-refractivity contribution is -0.150. The quantitative estimate of drug-likeness (QED) is 0.310. The van der Waals surface area contributed by atoms with Gasteiger partial charge in [0.2, 0.25) is 0 Å². The Morgan fingerprint density at radius 1 is 0.659 bits per heavy atom. The molecule has 4 nitrogen and oxygen atoms in total. The van der Waals surface area contributed by atoms with Crippen LogP contribution in [0.3, 0.4) is 0 Å². The average Bonchev–Trinajstić information content (AvgIpc) is 3.59. The summed E-state index contributed by atoms with van der Waals surface area (Å²) < 4.78 is 23.6. The molecule has 2 saturated heterocycles. The van der Waals surface area contributed by atoms with Gasteiger partial charge in [-0.05, 0) is 73.3 Å². The molecule has 0 spiro atoms. The molecule has 2 bridgehead atoms. The van der Waals surface area contributed by atoms with Crippen LogP contribution in [-0.2, 0) is 18.6 Å². The number of rotatable bonds is 3. The van der Waals surface area contributed by atoms with Crippen LogP contribution >= 0.6 is 0 Å². The molecule has 6 unspecified atom stereocenters. The Kier molecular flexibility index (Phi) is 21.9. The minimum absolute atomic E-state index is 0.0294. The normalized spacial score (nSPS) is 34.1. The summed E-state index contributed by atoms with van der Waals surface area (Å²) in [7, 11) is 0.113. The van der Waals surface area contributed by atoms with Gasteiger partial charge in [-0.1, -0.05) is 131 Å².